The summed E-state index contributed by atoms with van der Waals surface area (Å²) in [7, 11) is 0. The summed E-state index contributed by atoms with van der Waals surface area (Å²) >= 11 is 0.103. The van der Waals surface area contributed by atoms with E-state index in [1.807, 2.05) is 0 Å². The van der Waals surface area contributed by atoms with Crippen molar-refractivity contribution in [3.05, 3.63) is 29.8 Å². The third kappa shape index (κ3) is 1.01. The average Bonchev–Trinajstić information content (AvgIpc) is 2.33. The normalized spacial score (nSPS) is 15.6. The summed E-state index contributed by atoms with van der Waals surface area (Å²) in [4.78, 5) is 0. The standard InChI is InChI=1S/C8H8.Sb/c1-2-8-6-4-3-5-7-8;/h3-6H,1-2H2;. The number of fused-ring (bicyclic) bond motifs is 1. The van der Waals surface area contributed by atoms with Crippen molar-refractivity contribution in [3.8, 4) is 0 Å². The van der Waals surface area contributed by atoms with Gasteiger partial charge in [0, 0.05) is 0 Å². The fraction of sp³-hybridized carbons (Fsp3) is 0.250. The molecule has 0 fully saturated rings. The summed E-state index contributed by atoms with van der Waals surface area (Å²) in [6.45, 7) is 0. The molecule has 0 atom stereocenters. The zero-order valence-corrected chi connectivity index (χ0v) is 7.72. The molecule has 0 aromatic heterocycles. The zero-order chi connectivity index (χ0) is 6.10. The minimum absolute atomic E-state index is 0.103. The van der Waals surface area contributed by atoms with Crippen LogP contribution in [0.15, 0.2) is 24.3 Å². The van der Waals surface area contributed by atoms with Crippen LogP contribution in [0.3, 0.4) is 0 Å². The molecule has 1 aromatic rings. The SMILES string of the molecule is c1cc[c]2c(c1)C[CH2][Sb]2. The van der Waals surface area contributed by atoms with Crippen LogP contribution in [0.5, 0.6) is 0 Å². The van der Waals surface area contributed by atoms with E-state index in [9.17, 15) is 0 Å². The first kappa shape index (κ1) is 5.80. The maximum atomic E-state index is 2.31. The quantitative estimate of drug-likeness (QED) is 0.578. The first-order chi connectivity index (χ1) is 4.47. The second-order valence-electron chi connectivity index (χ2n) is 2.26. The number of rotatable bonds is 0. The van der Waals surface area contributed by atoms with Gasteiger partial charge in [-0.15, -0.1) is 0 Å². The van der Waals surface area contributed by atoms with Crippen molar-refractivity contribution >= 4 is 25.1 Å². The Bertz CT molecular complexity index is 195. The summed E-state index contributed by atoms with van der Waals surface area (Å²) in [6, 6.07) is 8.90. The van der Waals surface area contributed by atoms with Crippen LogP contribution >= 0.6 is 0 Å². The van der Waals surface area contributed by atoms with Gasteiger partial charge in [0.2, 0.25) is 0 Å². The predicted molar refractivity (Wildman–Crippen MR) is 40.3 cm³/mol. The van der Waals surface area contributed by atoms with Crippen LogP contribution in [-0.2, 0) is 6.42 Å². The molecule has 1 radical (unpaired) electrons. The number of aryl methyl sites for hydroxylation is 1. The van der Waals surface area contributed by atoms with Crippen LogP contribution in [0.25, 0.3) is 0 Å². The van der Waals surface area contributed by atoms with Crippen LogP contribution < -0.4 is 3.51 Å². The van der Waals surface area contributed by atoms with Gasteiger partial charge in [0.1, 0.15) is 0 Å². The molecular formula is C8H8Sb. The molecule has 0 spiro atoms. The van der Waals surface area contributed by atoms with Gasteiger partial charge in [-0.25, -0.2) is 0 Å². The Morgan fingerprint density at radius 2 is 2.11 bits per heavy atom. The molecular weight excluding hydrogens is 218 g/mol. The van der Waals surface area contributed by atoms with E-state index in [0.29, 0.717) is 0 Å². The Morgan fingerprint density at radius 1 is 1.22 bits per heavy atom. The number of benzene rings is 1. The summed E-state index contributed by atoms with van der Waals surface area (Å²) in [6.07, 6.45) is 1.37. The van der Waals surface area contributed by atoms with E-state index in [2.05, 4.69) is 24.3 Å². The van der Waals surface area contributed by atoms with Crippen molar-refractivity contribution in [1.29, 1.82) is 0 Å². The molecule has 0 amide bonds. The van der Waals surface area contributed by atoms with Crippen molar-refractivity contribution in [2.45, 2.75) is 10.8 Å². The van der Waals surface area contributed by atoms with Crippen molar-refractivity contribution in [1.82, 2.24) is 0 Å². The van der Waals surface area contributed by atoms with Crippen LogP contribution in [0.2, 0.25) is 4.37 Å². The van der Waals surface area contributed by atoms with Gasteiger partial charge in [-0.3, -0.25) is 0 Å². The molecule has 0 unspecified atom stereocenters. The van der Waals surface area contributed by atoms with Gasteiger partial charge in [0.15, 0.2) is 0 Å². The third-order valence-corrected chi connectivity index (χ3v) is 5.15. The van der Waals surface area contributed by atoms with Crippen molar-refractivity contribution < 1.29 is 0 Å². The van der Waals surface area contributed by atoms with Crippen LogP contribution in [0.1, 0.15) is 5.56 Å². The molecule has 1 aliphatic rings. The number of hydrogen-bond acceptors (Lipinski definition) is 0. The third-order valence-electron chi connectivity index (χ3n) is 1.65. The molecule has 1 aromatic carbocycles. The van der Waals surface area contributed by atoms with E-state index in [1.54, 1.807) is 9.07 Å². The topological polar surface area (TPSA) is 0 Å². The molecule has 0 N–H and O–H groups in total. The van der Waals surface area contributed by atoms with E-state index in [1.165, 1.54) is 10.8 Å². The average molecular weight is 226 g/mol. The molecule has 0 aliphatic carbocycles. The summed E-state index contributed by atoms with van der Waals surface area (Å²) < 4.78 is 3.23. The predicted octanol–water partition coefficient (Wildman–Crippen LogP) is 0.990. The monoisotopic (exact) mass is 225 g/mol. The molecule has 2 rings (SSSR count). The molecule has 1 heteroatoms. The Kier molecular flexibility index (Phi) is 1.51. The minimum atomic E-state index is 0.103. The summed E-state index contributed by atoms with van der Waals surface area (Å²) in [5, 5.41) is 0. The number of hydrogen-bond donors (Lipinski definition) is 0. The molecule has 0 nitrogen and oxygen atoms in total. The second kappa shape index (κ2) is 2.34. The summed E-state index contributed by atoms with van der Waals surface area (Å²) in [5.41, 5.74) is 1.63. The summed E-state index contributed by atoms with van der Waals surface area (Å²) in [5.74, 6) is 0. The molecule has 45 valence electrons. The molecule has 0 saturated carbocycles. The van der Waals surface area contributed by atoms with Crippen molar-refractivity contribution in [2.75, 3.05) is 0 Å². The van der Waals surface area contributed by atoms with Gasteiger partial charge >= 0.3 is 65.7 Å². The fourth-order valence-corrected chi connectivity index (χ4v) is 4.53. The van der Waals surface area contributed by atoms with E-state index < -0.39 is 0 Å². The molecule has 1 heterocycles. The van der Waals surface area contributed by atoms with E-state index in [4.69, 9.17) is 0 Å². The van der Waals surface area contributed by atoms with Gasteiger partial charge in [-0.1, -0.05) is 0 Å². The Hall–Kier alpha value is 0.0382. The first-order valence-corrected chi connectivity index (χ1v) is 6.30. The van der Waals surface area contributed by atoms with Crippen molar-refractivity contribution in [2.24, 2.45) is 0 Å². The van der Waals surface area contributed by atoms with Gasteiger partial charge in [-0.2, -0.15) is 0 Å². The van der Waals surface area contributed by atoms with E-state index in [-0.39, 0.29) is 21.6 Å². The zero-order valence-electron chi connectivity index (χ0n) is 5.17. The van der Waals surface area contributed by atoms with E-state index in [0.717, 1.165) is 0 Å². The fourth-order valence-electron chi connectivity index (χ4n) is 1.17. The van der Waals surface area contributed by atoms with Crippen LogP contribution in [0, 0.1) is 0 Å². The van der Waals surface area contributed by atoms with Gasteiger partial charge < -0.3 is 0 Å². The first-order valence-electron chi connectivity index (χ1n) is 3.22. The Morgan fingerprint density at radius 3 is 3.00 bits per heavy atom. The Balaban J connectivity index is 2.54. The van der Waals surface area contributed by atoms with Gasteiger partial charge in [0.25, 0.3) is 0 Å². The molecule has 0 bridgehead atoms. The maximum absolute atomic E-state index is 2.31. The van der Waals surface area contributed by atoms with Crippen LogP contribution in [-0.4, -0.2) is 21.6 Å². The molecule has 0 saturated heterocycles. The van der Waals surface area contributed by atoms with E-state index >= 15 is 0 Å². The van der Waals surface area contributed by atoms with Gasteiger partial charge in [0.05, 0.1) is 0 Å². The second-order valence-corrected chi connectivity index (χ2v) is 5.81. The molecule has 9 heavy (non-hydrogen) atoms. The van der Waals surface area contributed by atoms with Crippen LogP contribution in [0.4, 0.5) is 0 Å². The van der Waals surface area contributed by atoms with Gasteiger partial charge in [-0.05, 0) is 0 Å². The molecule has 1 aliphatic heterocycles. The Labute approximate surface area is 65.8 Å². The van der Waals surface area contributed by atoms with Crippen molar-refractivity contribution in [3.63, 3.8) is 0 Å².